The number of anilines is 1. The van der Waals surface area contributed by atoms with Crippen LogP contribution in [0, 0.1) is 0 Å². The average molecular weight is 528 g/mol. The van der Waals surface area contributed by atoms with Crippen LogP contribution in [0.15, 0.2) is 36.7 Å². The summed E-state index contributed by atoms with van der Waals surface area (Å²) >= 11 is 6.24. The second-order valence-electron chi connectivity index (χ2n) is 10.4. The van der Waals surface area contributed by atoms with Gasteiger partial charge in [-0.25, -0.2) is 13.4 Å². The van der Waals surface area contributed by atoms with E-state index in [9.17, 15) is 13.2 Å². The number of carbonyl (C=O) groups excluding carboxylic acids is 1. The number of benzene rings is 1. The summed E-state index contributed by atoms with van der Waals surface area (Å²) in [4.78, 5) is 27.7. The van der Waals surface area contributed by atoms with Crippen LogP contribution in [0.3, 0.4) is 0 Å². The van der Waals surface area contributed by atoms with E-state index in [0.717, 1.165) is 54.0 Å². The van der Waals surface area contributed by atoms with Gasteiger partial charge in [-0.05, 0) is 75.0 Å². The van der Waals surface area contributed by atoms with Gasteiger partial charge in [-0.2, -0.15) is 0 Å². The fourth-order valence-electron chi connectivity index (χ4n) is 5.99. The SMILES string of the molecule is CS(=O)(=O)CCCn1c(CN2C(=O)C3(CCN(C4CC4)CC3)c3ccncc32)nc2cc(Cl)ccc21. The molecule has 0 bridgehead atoms. The molecule has 1 amide bonds. The zero-order chi connectivity index (χ0) is 25.1. The summed E-state index contributed by atoms with van der Waals surface area (Å²) in [6.07, 6.45) is 9.47. The minimum atomic E-state index is -3.08. The van der Waals surface area contributed by atoms with Gasteiger partial charge in [-0.1, -0.05) is 11.6 Å². The predicted molar refractivity (Wildman–Crippen MR) is 140 cm³/mol. The van der Waals surface area contributed by atoms with Crippen molar-refractivity contribution in [3.63, 3.8) is 0 Å². The molecule has 1 aromatic carbocycles. The number of aryl methyl sites for hydroxylation is 1. The quantitative estimate of drug-likeness (QED) is 0.467. The number of hydrogen-bond donors (Lipinski definition) is 0. The van der Waals surface area contributed by atoms with Crippen molar-refractivity contribution in [3.8, 4) is 0 Å². The van der Waals surface area contributed by atoms with E-state index in [1.165, 1.54) is 19.1 Å². The lowest BCUT2D eigenvalue weighted by atomic mass is 9.74. The maximum Gasteiger partial charge on any atom is 0.238 e. The normalized spacial score (nSPS) is 19.9. The molecule has 1 spiro atoms. The smallest absolute Gasteiger partial charge is 0.238 e. The van der Waals surface area contributed by atoms with Gasteiger partial charge in [0.1, 0.15) is 15.7 Å². The van der Waals surface area contributed by atoms with Crippen LogP contribution in [-0.4, -0.2) is 64.9 Å². The molecule has 0 unspecified atom stereocenters. The fraction of sp³-hybridized carbons (Fsp3) is 0.500. The Bertz CT molecular complexity index is 1440. The first-order chi connectivity index (χ1) is 17.2. The van der Waals surface area contributed by atoms with E-state index in [-0.39, 0.29) is 11.7 Å². The second-order valence-corrected chi connectivity index (χ2v) is 13.1. The second kappa shape index (κ2) is 8.82. The van der Waals surface area contributed by atoms with Crippen LogP contribution in [0.25, 0.3) is 11.0 Å². The molecule has 1 aliphatic carbocycles. The van der Waals surface area contributed by atoms with E-state index in [4.69, 9.17) is 16.6 Å². The summed E-state index contributed by atoms with van der Waals surface area (Å²) in [5, 5.41) is 0.586. The van der Waals surface area contributed by atoms with E-state index >= 15 is 0 Å². The molecular weight excluding hydrogens is 498 g/mol. The standard InChI is InChI=1S/C26H30ClN5O3S/c1-36(34,35)14-2-11-31-22-6-3-18(27)15-21(22)29-24(31)17-32-23-16-28-10-7-20(23)26(25(32)33)8-12-30(13-9-26)19-4-5-19/h3,6-7,10,15-16,19H,2,4-5,8-9,11-14,17H2,1H3. The summed E-state index contributed by atoms with van der Waals surface area (Å²) in [5.74, 6) is 0.931. The molecule has 2 aliphatic heterocycles. The van der Waals surface area contributed by atoms with Gasteiger partial charge in [-0.3, -0.25) is 9.78 Å². The molecule has 1 saturated carbocycles. The maximum atomic E-state index is 14.1. The molecule has 36 heavy (non-hydrogen) atoms. The first-order valence-corrected chi connectivity index (χ1v) is 15.0. The number of hydrogen-bond acceptors (Lipinski definition) is 6. The number of sulfone groups is 1. The van der Waals surface area contributed by atoms with Gasteiger partial charge in [0.25, 0.3) is 0 Å². The van der Waals surface area contributed by atoms with Crippen LogP contribution in [0.4, 0.5) is 5.69 Å². The number of amides is 1. The lowest BCUT2D eigenvalue weighted by Gasteiger charge is -2.38. The van der Waals surface area contributed by atoms with Crippen molar-refractivity contribution in [3.05, 3.63) is 53.1 Å². The summed E-state index contributed by atoms with van der Waals surface area (Å²) in [6, 6.07) is 8.24. The molecule has 6 rings (SSSR count). The molecule has 3 aromatic rings. The third-order valence-electron chi connectivity index (χ3n) is 7.96. The summed E-state index contributed by atoms with van der Waals surface area (Å²) < 4.78 is 25.5. The molecule has 8 nitrogen and oxygen atoms in total. The molecular formula is C26H30ClN5O3S. The largest absolute Gasteiger partial charge is 0.326 e. The number of carbonyl (C=O) groups is 1. The molecule has 190 valence electrons. The average Bonchev–Trinajstić information content (AvgIpc) is 3.61. The molecule has 2 fully saturated rings. The lowest BCUT2D eigenvalue weighted by molar-refractivity contribution is -0.125. The number of fused-ring (bicyclic) bond motifs is 3. The van der Waals surface area contributed by atoms with Crippen LogP contribution in [0.2, 0.25) is 5.02 Å². The van der Waals surface area contributed by atoms with Crippen molar-refractivity contribution < 1.29 is 13.2 Å². The highest BCUT2D eigenvalue weighted by Gasteiger charge is 2.53. The van der Waals surface area contributed by atoms with E-state index in [2.05, 4.69) is 9.88 Å². The number of likely N-dealkylation sites (tertiary alicyclic amines) is 1. The molecule has 3 aliphatic rings. The number of aromatic nitrogens is 3. The zero-order valence-electron chi connectivity index (χ0n) is 20.4. The molecule has 0 N–H and O–H groups in total. The van der Waals surface area contributed by atoms with E-state index < -0.39 is 15.3 Å². The molecule has 1 saturated heterocycles. The van der Waals surface area contributed by atoms with Gasteiger partial charge < -0.3 is 14.4 Å². The Labute approximate surface area is 216 Å². The van der Waals surface area contributed by atoms with Crippen LogP contribution < -0.4 is 4.90 Å². The Morgan fingerprint density at radius 2 is 1.94 bits per heavy atom. The van der Waals surface area contributed by atoms with Crippen molar-refractivity contribution in [1.82, 2.24) is 19.4 Å². The van der Waals surface area contributed by atoms with E-state index in [0.29, 0.717) is 30.6 Å². The number of piperidine rings is 1. The summed E-state index contributed by atoms with van der Waals surface area (Å²) in [7, 11) is -3.08. The van der Waals surface area contributed by atoms with Crippen molar-refractivity contribution in [2.75, 3.05) is 30.0 Å². The van der Waals surface area contributed by atoms with E-state index in [1.807, 2.05) is 33.7 Å². The Hall–Kier alpha value is -2.49. The number of imidazole rings is 1. The van der Waals surface area contributed by atoms with E-state index in [1.54, 1.807) is 12.4 Å². The first-order valence-electron chi connectivity index (χ1n) is 12.6. The Morgan fingerprint density at radius 1 is 1.17 bits per heavy atom. The molecule has 0 atom stereocenters. The third kappa shape index (κ3) is 4.21. The van der Waals surface area contributed by atoms with Gasteiger partial charge in [0.05, 0.1) is 40.6 Å². The van der Waals surface area contributed by atoms with Crippen LogP contribution in [0.5, 0.6) is 0 Å². The molecule has 2 aromatic heterocycles. The Kier molecular flexibility index (Phi) is 5.85. The fourth-order valence-corrected chi connectivity index (χ4v) is 6.81. The van der Waals surface area contributed by atoms with Crippen molar-refractivity contribution in [2.45, 2.75) is 56.7 Å². The van der Waals surface area contributed by atoms with Gasteiger partial charge in [0.15, 0.2) is 0 Å². The topological polar surface area (TPSA) is 88.4 Å². The Morgan fingerprint density at radius 3 is 2.67 bits per heavy atom. The van der Waals surface area contributed by atoms with Crippen LogP contribution in [-0.2, 0) is 33.1 Å². The first kappa shape index (κ1) is 23.9. The minimum absolute atomic E-state index is 0.0930. The predicted octanol–water partition coefficient (Wildman–Crippen LogP) is 3.56. The minimum Gasteiger partial charge on any atom is -0.326 e. The van der Waals surface area contributed by atoms with Crippen molar-refractivity contribution in [2.24, 2.45) is 0 Å². The monoisotopic (exact) mass is 527 g/mol. The van der Waals surface area contributed by atoms with Gasteiger partial charge >= 0.3 is 0 Å². The van der Waals surface area contributed by atoms with Gasteiger partial charge in [0.2, 0.25) is 5.91 Å². The molecule has 10 heteroatoms. The summed E-state index contributed by atoms with van der Waals surface area (Å²) in [6.45, 7) is 2.67. The highest BCUT2D eigenvalue weighted by Crippen LogP contribution is 2.49. The van der Waals surface area contributed by atoms with Gasteiger partial charge in [-0.15, -0.1) is 0 Å². The summed E-state index contributed by atoms with van der Waals surface area (Å²) in [5.41, 5.74) is 3.03. The van der Waals surface area contributed by atoms with Crippen molar-refractivity contribution in [1.29, 1.82) is 0 Å². The number of rotatable bonds is 7. The number of pyridine rings is 1. The molecule has 0 radical (unpaired) electrons. The van der Waals surface area contributed by atoms with Crippen molar-refractivity contribution >= 4 is 44.1 Å². The Balaban J connectivity index is 1.34. The number of halogens is 1. The third-order valence-corrected chi connectivity index (χ3v) is 9.23. The molecule has 4 heterocycles. The highest BCUT2D eigenvalue weighted by molar-refractivity contribution is 7.90. The number of nitrogens with zero attached hydrogens (tertiary/aromatic N) is 5. The van der Waals surface area contributed by atoms with Crippen LogP contribution in [0.1, 0.15) is 43.5 Å². The highest BCUT2D eigenvalue weighted by atomic mass is 35.5. The maximum absolute atomic E-state index is 14.1. The zero-order valence-corrected chi connectivity index (χ0v) is 21.9. The van der Waals surface area contributed by atoms with Gasteiger partial charge in [0, 0.05) is 30.1 Å². The van der Waals surface area contributed by atoms with Crippen LogP contribution >= 0.6 is 11.6 Å². The lowest BCUT2D eigenvalue weighted by Crippen LogP contribution is -2.49.